The Morgan fingerprint density at radius 3 is 1.40 bits per heavy atom. The van der Waals surface area contributed by atoms with Crippen LogP contribution >= 0.6 is 0 Å². The Balaban J connectivity index is 1.15. The van der Waals surface area contributed by atoms with Crippen LogP contribution in [0.2, 0.25) is 0 Å². The molecule has 1 aliphatic rings. The van der Waals surface area contributed by atoms with E-state index in [2.05, 4.69) is 159 Å². The summed E-state index contributed by atoms with van der Waals surface area (Å²) in [5.74, 6) is 0. The fraction of sp³-hybridized carbons (Fsp3) is 0.0566. The summed E-state index contributed by atoms with van der Waals surface area (Å²) in [7, 11) is 0. The van der Waals surface area contributed by atoms with Crippen LogP contribution in [-0.4, -0.2) is 0 Å². The van der Waals surface area contributed by atoms with Crippen molar-refractivity contribution in [1.82, 2.24) is 0 Å². The molecular formula is C53H34O2. The molecule has 2 heteroatoms. The molecule has 0 aliphatic heterocycles. The van der Waals surface area contributed by atoms with E-state index in [4.69, 9.17) is 8.83 Å². The first-order chi connectivity index (χ1) is 27.0. The van der Waals surface area contributed by atoms with Crippen LogP contribution in [0, 0.1) is 0 Å². The lowest BCUT2D eigenvalue weighted by Crippen LogP contribution is -2.14. The summed E-state index contributed by atoms with van der Waals surface area (Å²) in [6, 6.07) is 61.9. The minimum atomic E-state index is -0.0593. The topological polar surface area (TPSA) is 26.3 Å². The van der Waals surface area contributed by atoms with E-state index in [1.807, 2.05) is 24.3 Å². The zero-order valence-electron chi connectivity index (χ0n) is 30.5. The summed E-state index contributed by atoms with van der Waals surface area (Å²) in [5.41, 5.74) is 16.1. The second-order valence-electron chi connectivity index (χ2n) is 15.6. The highest BCUT2D eigenvalue weighted by atomic mass is 16.3. The van der Waals surface area contributed by atoms with Crippen LogP contribution in [0.15, 0.2) is 179 Å². The number of rotatable bonds is 3. The second-order valence-corrected chi connectivity index (χ2v) is 15.6. The maximum atomic E-state index is 6.40. The molecule has 12 rings (SSSR count). The summed E-state index contributed by atoms with van der Waals surface area (Å²) in [4.78, 5) is 0. The second kappa shape index (κ2) is 11.1. The number of hydrogen-bond donors (Lipinski definition) is 0. The van der Waals surface area contributed by atoms with E-state index in [1.54, 1.807) is 0 Å². The standard InChI is InChI=1S/C53H34O2/c1-53(2)46-18-6-3-11-36(46)45-27-33(23-26-47(45)53)52-41-16-9-14-34(31-21-24-39-37-12-4-7-19-48(37)54-50(39)28-31)43(41)30-44-35(15-10-17-42(44)52)32-22-25-40-38-13-5-8-20-49(38)55-51(40)29-32/h3-30H,1-2H3. The van der Waals surface area contributed by atoms with Crippen molar-refractivity contribution in [2.24, 2.45) is 0 Å². The van der Waals surface area contributed by atoms with Gasteiger partial charge in [0.25, 0.3) is 0 Å². The largest absolute Gasteiger partial charge is 0.456 e. The number of hydrogen-bond acceptors (Lipinski definition) is 2. The van der Waals surface area contributed by atoms with Gasteiger partial charge in [-0.2, -0.15) is 0 Å². The van der Waals surface area contributed by atoms with Gasteiger partial charge >= 0.3 is 0 Å². The molecule has 0 amide bonds. The minimum absolute atomic E-state index is 0.0593. The summed E-state index contributed by atoms with van der Waals surface area (Å²) in [6.45, 7) is 4.70. The number of furan rings is 2. The molecule has 55 heavy (non-hydrogen) atoms. The van der Waals surface area contributed by atoms with Crippen LogP contribution in [0.4, 0.5) is 0 Å². The minimum Gasteiger partial charge on any atom is -0.456 e. The monoisotopic (exact) mass is 702 g/mol. The number of benzene rings is 9. The Morgan fingerprint density at radius 2 is 0.782 bits per heavy atom. The maximum Gasteiger partial charge on any atom is 0.136 e. The van der Waals surface area contributed by atoms with Crippen LogP contribution in [0.25, 0.3) is 110 Å². The van der Waals surface area contributed by atoms with Crippen molar-refractivity contribution in [1.29, 1.82) is 0 Å². The fourth-order valence-electron chi connectivity index (χ4n) is 9.64. The normalized spacial score (nSPS) is 13.4. The molecule has 11 aromatic rings. The van der Waals surface area contributed by atoms with Crippen molar-refractivity contribution >= 4 is 65.4 Å². The first-order valence-electron chi connectivity index (χ1n) is 19.1. The van der Waals surface area contributed by atoms with Crippen molar-refractivity contribution in [3.8, 4) is 44.5 Å². The fourth-order valence-corrected chi connectivity index (χ4v) is 9.64. The van der Waals surface area contributed by atoms with E-state index < -0.39 is 0 Å². The lowest BCUT2D eigenvalue weighted by atomic mass is 9.81. The number of fused-ring (bicyclic) bond motifs is 11. The van der Waals surface area contributed by atoms with Gasteiger partial charge in [0, 0.05) is 27.0 Å². The molecule has 258 valence electrons. The molecule has 1 aliphatic carbocycles. The molecule has 0 spiro atoms. The summed E-state index contributed by atoms with van der Waals surface area (Å²) in [6.07, 6.45) is 0. The average molecular weight is 703 g/mol. The molecule has 0 bridgehead atoms. The lowest BCUT2D eigenvalue weighted by molar-refractivity contribution is 0.660. The smallest absolute Gasteiger partial charge is 0.136 e. The van der Waals surface area contributed by atoms with Crippen molar-refractivity contribution in [3.63, 3.8) is 0 Å². The molecule has 0 fully saturated rings. The van der Waals surface area contributed by atoms with E-state index >= 15 is 0 Å². The van der Waals surface area contributed by atoms with Crippen molar-refractivity contribution in [2.45, 2.75) is 19.3 Å². The van der Waals surface area contributed by atoms with E-state index in [1.165, 1.54) is 66.1 Å². The average Bonchev–Trinajstić information content (AvgIpc) is 3.86. The third kappa shape index (κ3) is 4.31. The Kier molecular flexibility index (Phi) is 6.15. The quantitative estimate of drug-likeness (QED) is 0.171. The van der Waals surface area contributed by atoms with Gasteiger partial charge in [0.2, 0.25) is 0 Å². The van der Waals surface area contributed by atoms with E-state index in [-0.39, 0.29) is 5.41 Å². The Hall–Kier alpha value is -6.90. The Morgan fingerprint density at radius 1 is 0.309 bits per heavy atom. The summed E-state index contributed by atoms with van der Waals surface area (Å²) >= 11 is 0. The molecule has 0 radical (unpaired) electrons. The van der Waals surface area contributed by atoms with Crippen LogP contribution in [0.1, 0.15) is 25.0 Å². The van der Waals surface area contributed by atoms with Gasteiger partial charge in [-0.25, -0.2) is 0 Å². The molecular weight excluding hydrogens is 669 g/mol. The van der Waals surface area contributed by atoms with Crippen molar-refractivity contribution in [3.05, 3.63) is 181 Å². The molecule has 2 aromatic heterocycles. The van der Waals surface area contributed by atoms with Gasteiger partial charge in [0.1, 0.15) is 22.3 Å². The highest BCUT2D eigenvalue weighted by Crippen LogP contribution is 2.51. The van der Waals surface area contributed by atoms with Gasteiger partial charge in [-0.15, -0.1) is 0 Å². The molecule has 0 saturated carbocycles. The zero-order chi connectivity index (χ0) is 36.4. The highest BCUT2D eigenvalue weighted by molar-refractivity contribution is 6.20. The molecule has 2 nitrogen and oxygen atoms in total. The summed E-state index contributed by atoms with van der Waals surface area (Å²) in [5, 5.41) is 9.42. The molecule has 9 aromatic carbocycles. The third-order valence-corrected chi connectivity index (χ3v) is 12.3. The predicted octanol–water partition coefficient (Wildman–Crippen LogP) is 15.1. The lowest BCUT2D eigenvalue weighted by Gasteiger charge is -2.22. The van der Waals surface area contributed by atoms with Crippen LogP contribution in [0.3, 0.4) is 0 Å². The van der Waals surface area contributed by atoms with Gasteiger partial charge in [0.05, 0.1) is 0 Å². The first-order valence-corrected chi connectivity index (χ1v) is 19.1. The number of para-hydroxylation sites is 2. The van der Waals surface area contributed by atoms with Crippen LogP contribution in [0.5, 0.6) is 0 Å². The molecule has 0 N–H and O–H groups in total. The van der Waals surface area contributed by atoms with Crippen molar-refractivity contribution < 1.29 is 8.83 Å². The van der Waals surface area contributed by atoms with E-state index in [0.29, 0.717) is 0 Å². The van der Waals surface area contributed by atoms with Crippen LogP contribution in [-0.2, 0) is 5.41 Å². The van der Waals surface area contributed by atoms with Crippen molar-refractivity contribution in [2.75, 3.05) is 0 Å². The van der Waals surface area contributed by atoms with Crippen LogP contribution < -0.4 is 0 Å². The maximum absolute atomic E-state index is 6.40. The van der Waals surface area contributed by atoms with Gasteiger partial charge in [-0.1, -0.05) is 135 Å². The van der Waals surface area contributed by atoms with Gasteiger partial charge in [0.15, 0.2) is 0 Å². The highest BCUT2D eigenvalue weighted by Gasteiger charge is 2.35. The SMILES string of the molecule is CC1(C)c2ccccc2-c2cc(-c3c4cccc(-c5ccc6c(c5)oc5ccccc56)c4cc4c(-c5ccc6c(c5)oc5ccccc56)cccc34)ccc21. The Labute approximate surface area is 317 Å². The molecule has 0 atom stereocenters. The zero-order valence-corrected chi connectivity index (χ0v) is 30.5. The van der Waals surface area contributed by atoms with Gasteiger partial charge in [-0.05, 0) is 126 Å². The van der Waals surface area contributed by atoms with E-state index in [9.17, 15) is 0 Å². The Bertz CT molecular complexity index is 3240. The molecule has 0 unspecified atom stereocenters. The first kappa shape index (κ1) is 30.6. The molecule has 0 saturated heterocycles. The van der Waals surface area contributed by atoms with E-state index in [0.717, 1.165) is 55.0 Å². The van der Waals surface area contributed by atoms with Gasteiger partial charge < -0.3 is 8.83 Å². The molecule has 2 heterocycles. The third-order valence-electron chi connectivity index (χ3n) is 12.3. The summed E-state index contributed by atoms with van der Waals surface area (Å²) < 4.78 is 12.8. The van der Waals surface area contributed by atoms with Gasteiger partial charge in [-0.3, -0.25) is 0 Å². The predicted molar refractivity (Wildman–Crippen MR) is 230 cm³/mol.